The van der Waals surface area contributed by atoms with Crippen LogP contribution in [-0.2, 0) is 11.2 Å². The van der Waals surface area contributed by atoms with Gasteiger partial charge >= 0.3 is 0 Å². The zero-order valence-corrected chi connectivity index (χ0v) is 17.2. The maximum absolute atomic E-state index is 12.4. The average Bonchev–Trinajstić information content (AvgIpc) is 3.13. The van der Waals surface area contributed by atoms with E-state index in [1.807, 2.05) is 13.0 Å². The fourth-order valence-electron chi connectivity index (χ4n) is 3.76. The molecule has 1 aliphatic rings. The number of carbonyl (C=O) groups is 1. The lowest BCUT2D eigenvalue weighted by Crippen LogP contribution is -2.50. The number of unbranched alkanes of at least 4 members (excludes halogenated alkanes) is 1. The van der Waals surface area contributed by atoms with E-state index in [0.29, 0.717) is 12.3 Å². The van der Waals surface area contributed by atoms with Gasteiger partial charge in [-0.15, -0.1) is 0 Å². The summed E-state index contributed by atoms with van der Waals surface area (Å²) in [6.07, 6.45) is 5.72. The van der Waals surface area contributed by atoms with Gasteiger partial charge in [0.2, 0.25) is 11.0 Å². The van der Waals surface area contributed by atoms with E-state index in [2.05, 4.69) is 50.8 Å². The Morgan fingerprint density at radius 3 is 2.81 bits per heavy atom. The SMILES string of the molecule is CC[C@@H]1CN(c2nc(C)ns2)CC[C@@H]1NC(=O)CCCCc1ccccc1. The second-order valence-corrected chi connectivity index (χ2v) is 8.12. The summed E-state index contributed by atoms with van der Waals surface area (Å²) in [7, 11) is 0. The number of hydrogen-bond acceptors (Lipinski definition) is 5. The molecule has 6 heteroatoms. The van der Waals surface area contributed by atoms with Crippen LogP contribution in [0.15, 0.2) is 30.3 Å². The van der Waals surface area contributed by atoms with Gasteiger partial charge in [-0.05, 0) is 50.5 Å². The number of benzene rings is 1. The van der Waals surface area contributed by atoms with Gasteiger partial charge in [-0.2, -0.15) is 4.37 Å². The largest absolute Gasteiger partial charge is 0.353 e. The van der Waals surface area contributed by atoms with Crippen molar-refractivity contribution in [3.8, 4) is 0 Å². The molecule has 1 aromatic heterocycles. The number of hydrogen-bond donors (Lipinski definition) is 1. The van der Waals surface area contributed by atoms with Crippen LogP contribution in [0.2, 0.25) is 0 Å². The summed E-state index contributed by atoms with van der Waals surface area (Å²) in [5, 5.41) is 4.31. The van der Waals surface area contributed by atoms with E-state index in [1.165, 1.54) is 17.1 Å². The van der Waals surface area contributed by atoms with Crippen LogP contribution in [0.25, 0.3) is 0 Å². The third kappa shape index (κ3) is 5.76. The maximum atomic E-state index is 12.4. The quantitative estimate of drug-likeness (QED) is 0.697. The van der Waals surface area contributed by atoms with E-state index in [9.17, 15) is 4.79 Å². The van der Waals surface area contributed by atoms with Gasteiger partial charge in [-0.25, -0.2) is 4.98 Å². The van der Waals surface area contributed by atoms with E-state index >= 15 is 0 Å². The normalized spacial score (nSPS) is 19.9. The number of piperidine rings is 1. The van der Waals surface area contributed by atoms with Gasteiger partial charge in [0, 0.05) is 37.1 Å². The predicted octanol–water partition coefficient (Wildman–Crippen LogP) is 3.98. The second-order valence-electron chi connectivity index (χ2n) is 7.39. The van der Waals surface area contributed by atoms with E-state index in [4.69, 9.17) is 0 Å². The number of anilines is 1. The topological polar surface area (TPSA) is 58.1 Å². The van der Waals surface area contributed by atoms with Gasteiger partial charge in [0.25, 0.3) is 0 Å². The molecule has 0 saturated carbocycles. The molecule has 5 nitrogen and oxygen atoms in total. The molecular formula is C21H30N4OS. The molecule has 146 valence electrons. The lowest BCUT2D eigenvalue weighted by atomic mass is 9.90. The molecule has 1 fully saturated rings. The lowest BCUT2D eigenvalue weighted by molar-refractivity contribution is -0.122. The van der Waals surface area contributed by atoms with Crippen LogP contribution in [0.1, 0.15) is 50.4 Å². The first kappa shape index (κ1) is 19.8. The highest BCUT2D eigenvalue weighted by molar-refractivity contribution is 7.09. The maximum Gasteiger partial charge on any atom is 0.220 e. The third-order valence-electron chi connectivity index (χ3n) is 5.35. The van der Waals surface area contributed by atoms with Crippen molar-refractivity contribution in [1.82, 2.24) is 14.7 Å². The number of aryl methyl sites for hydroxylation is 2. The minimum absolute atomic E-state index is 0.201. The highest BCUT2D eigenvalue weighted by Gasteiger charge is 2.30. The molecule has 0 spiro atoms. The Labute approximate surface area is 166 Å². The van der Waals surface area contributed by atoms with Crippen molar-refractivity contribution in [1.29, 1.82) is 0 Å². The Morgan fingerprint density at radius 1 is 1.30 bits per heavy atom. The monoisotopic (exact) mass is 386 g/mol. The summed E-state index contributed by atoms with van der Waals surface area (Å²) in [5.74, 6) is 1.51. The van der Waals surface area contributed by atoms with Crippen molar-refractivity contribution in [2.45, 2.75) is 58.4 Å². The predicted molar refractivity (Wildman–Crippen MR) is 111 cm³/mol. The molecular weight excluding hydrogens is 356 g/mol. The van der Waals surface area contributed by atoms with Crippen molar-refractivity contribution < 1.29 is 4.79 Å². The Morgan fingerprint density at radius 2 is 2.11 bits per heavy atom. The minimum Gasteiger partial charge on any atom is -0.353 e. The Bertz CT molecular complexity index is 718. The van der Waals surface area contributed by atoms with Crippen molar-refractivity contribution in [2.75, 3.05) is 18.0 Å². The minimum atomic E-state index is 0.201. The van der Waals surface area contributed by atoms with Crippen LogP contribution in [0, 0.1) is 12.8 Å². The summed E-state index contributed by atoms with van der Waals surface area (Å²) < 4.78 is 4.29. The molecule has 2 aromatic rings. The molecule has 1 aliphatic heterocycles. The zero-order valence-electron chi connectivity index (χ0n) is 16.4. The number of nitrogens with zero attached hydrogens (tertiary/aromatic N) is 3. The molecule has 0 unspecified atom stereocenters. The van der Waals surface area contributed by atoms with Crippen molar-refractivity contribution in [3.63, 3.8) is 0 Å². The molecule has 1 N–H and O–H groups in total. The molecule has 2 atom stereocenters. The number of amides is 1. The molecule has 27 heavy (non-hydrogen) atoms. The summed E-state index contributed by atoms with van der Waals surface area (Å²) >= 11 is 1.47. The van der Waals surface area contributed by atoms with Crippen LogP contribution in [0.4, 0.5) is 5.13 Å². The summed E-state index contributed by atoms with van der Waals surface area (Å²) in [5.41, 5.74) is 1.35. The number of aromatic nitrogens is 2. The van der Waals surface area contributed by atoms with E-state index < -0.39 is 0 Å². The van der Waals surface area contributed by atoms with Crippen molar-refractivity contribution >= 4 is 22.6 Å². The fraction of sp³-hybridized carbons (Fsp3) is 0.571. The highest BCUT2D eigenvalue weighted by Crippen LogP contribution is 2.26. The Hall–Kier alpha value is -1.95. The van der Waals surface area contributed by atoms with Crippen LogP contribution in [0.3, 0.4) is 0 Å². The highest BCUT2D eigenvalue weighted by atomic mass is 32.1. The third-order valence-corrected chi connectivity index (χ3v) is 6.22. The summed E-state index contributed by atoms with van der Waals surface area (Å²) in [6.45, 7) is 6.02. The number of rotatable bonds is 8. The summed E-state index contributed by atoms with van der Waals surface area (Å²) in [6, 6.07) is 10.8. The summed E-state index contributed by atoms with van der Waals surface area (Å²) in [4.78, 5) is 19.2. The zero-order chi connectivity index (χ0) is 19.1. The van der Waals surface area contributed by atoms with E-state index in [0.717, 1.165) is 56.1 Å². The van der Waals surface area contributed by atoms with Crippen molar-refractivity contribution in [3.05, 3.63) is 41.7 Å². The fourth-order valence-corrected chi connectivity index (χ4v) is 4.47. The molecule has 1 saturated heterocycles. The van der Waals surface area contributed by atoms with Gasteiger partial charge < -0.3 is 10.2 Å². The number of carbonyl (C=O) groups excluding carboxylic acids is 1. The Balaban J connectivity index is 1.41. The molecule has 1 amide bonds. The molecule has 2 heterocycles. The van der Waals surface area contributed by atoms with E-state index in [-0.39, 0.29) is 11.9 Å². The molecule has 1 aromatic carbocycles. The lowest BCUT2D eigenvalue weighted by Gasteiger charge is -2.38. The number of nitrogens with one attached hydrogen (secondary N) is 1. The first-order valence-corrected chi connectivity index (χ1v) is 10.8. The first-order chi connectivity index (χ1) is 13.2. The van der Waals surface area contributed by atoms with E-state index in [1.54, 1.807) is 0 Å². The van der Waals surface area contributed by atoms with Gasteiger partial charge in [0.05, 0.1) is 0 Å². The van der Waals surface area contributed by atoms with Gasteiger partial charge in [0.15, 0.2) is 0 Å². The first-order valence-electron chi connectivity index (χ1n) is 10.0. The van der Waals surface area contributed by atoms with Gasteiger partial charge in [-0.1, -0.05) is 37.3 Å². The van der Waals surface area contributed by atoms with Crippen LogP contribution in [-0.4, -0.2) is 34.4 Å². The Kier molecular flexibility index (Phi) is 7.21. The standard InChI is InChI=1S/C21H30N4OS/c1-3-18-15-25(21-22-16(2)24-27-21)14-13-19(18)23-20(26)12-8-7-11-17-9-5-4-6-10-17/h4-6,9-10,18-19H,3,7-8,11-15H2,1-2H3,(H,23,26)/t18-,19+/m1/s1. The van der Waals surface area contributed by atoms with Gasteiger partial charge in [0.1, 0.15) is 5.82 Å². The smallest absolute Gasteiger partial charge is 0.220 e. The average molecular weight is 387 g/mol. The molecule has 0 aliphatic carbocycles. The van der Waals surface area contributed by atoms with Crippen LogP contribution >= 0.6 is 11.5 Å². The van der Waals surface area contributed by atoms with Crippen LogP contribution in [0.5, 0.6) is 0 Å². The molecule has 0 bridgehead atoms. The van der Waals surface area contributed by atoms with Crippen LogP contribution < -0.4 is 10.2 Å². The molecule has 0 radical (unpaired) electrons. The second kappa shape index (κ2) is 9.83. The molecule has 3 rings (SSSR count). The van der Waals surface area contributed by atoms with Crippen molar-refractivity contribution in [2.24, 2.45) is 5.92 Å². The van der Waals surface area contributed by atoms with Gasteiger partial charge in [-0.3, -0.25) is 4.79 Å².